The summed E-state index contributed by atoms with van der Waals surface area (Å²) in [6.07, 6.45) is -1.10. The maximum atomic E-state index is 9.87. The zero-order valence-electron chi connectivity index (χ0n) is 9.90. The molecule has 16 heavy (non-hydrogen) atoms. The highest BCUT2D eigenvalue weighted by Crippen LogP contribution is 2.21. The molecule has 1 unspecified atom stereocenters. The van der Waals surface area contributed by atoms with Gasteiger partial charge >= 0.3 is 0 Å². The number of hydrogen-bond donors (Lipinski definition) is 1. The fourth-order valence-corrected chi connectivity index (χ4v) is 1.84. The van der Waals surface area contributed by atoms with Gasteiger partial charge in [-0.2, -0.15) is 5.10 Å². The minimum absolute atomic E-state index is 0.336. The summed E-state index contributed by atoms with van der Waals surface area (Å²) < 4.78 is 11.6. The molecule has 1 aromatic rings. The Morgan fingerprint density at radius 2 is 2.00 bits per heavy atom. The van der Waals surface area contributed by atoms with Gasteiger partial charge in [0, 0.05) is 27.7 Å². The van der Waals surface area contributed by atoms with Crippen molar-refractivity contribution in [3.8, 4) is 0 Å². The second-order valence-corrected chi connectivity index (χ2v) is 3.96. The molecule has 1 N–H and O–H groups in total. The molecule has 6 heteroatoms. The predicted octanol–water partition coefficient (Wildman–Crippen LogP) is 0.904. The van der Waals surface area contributed by atoms with E-state index in [-0.39, 0.29) is 0 Å². The van der Waals surface area contributed by atoms with Gasteiger partial charge in [-0.25, -0.2) is 0 Å². The first-order valence-corrected chi connectivity index (χ1v) is 5.30. The van der Waals surface area contributed by atoms with Gasteiger partial charge in [0.15, 0.2) is 6.29 Å². The van der Waals surface area contributed by atoms with Crippen LogP contribution in [0.25, 0.3) is 0 Å². The van der Waals surface area contributed by atoms with Crippen molar-refractivity contribution < 1.29 is 14.6 Å². The summed E-state index contributed by atoms with van der Waals surface area (Å²) >= 11 is 6.07. The second-order valence-electron chi connectivity index (χ2n) is 3.58. The molecule has 0 fully saturated rings. The van der Waals surface area contributed by atoms with E-state index in [9.17, 15) is 5.11 Å². The predicted molar refractivity (Wildman–Crippen MR) is 60.5 cm³/mol. The van der Waals surface area contributed by atoms with Crippen LogP contribution in [0.5, 0.6) is 0 Å². The molecule has 0 saturated carbocycles. The average molecular weight is 249 g/mol. The van der Waals surface area contributed by atoms with Gasteiger partial charge in [-0.05, 0) is 6.92 Å². The number of ether oxygens (including phenoxy) is 2. The fourth-order valence-electron chi connectivity index (χ4n) is 1.61. The van der Waals surface area contributed by atoms with E-state index in [1.54, 1.807) is 11.7 Å². The van der Waals surface area contributed by atoms with E-state index in [1.807, 2.05) is 6.92 Å². The van der Waals surface area contributed by atoms with Crippen LogP contribution in [0.15, 0.2) is 0 Å². The Morgan fingerprint density at radius 3 is 2.38 bits per heavy atom. The van der Waals surface area contributed by atoms with Gasteiger partial charge in [0.25, 0.3) is 0 Å². The van der Waals surface area contributed by atoms with Gasteiger partial charge in [-0.15, -0.1) is 0 Å². The number of methoxy groups -OCH3 is 2. The number of aliphatic hydroxyl groups is 1. The molecule has 1 aromatic heterocycles. The maximum absolute atomic E-state index is 9.87. The smallest absolute Gasteiger partial charge is 0.183 e. The lowest BCUT2D eigenvalue weighted by atomic mass is 10.2. The Balaban J connectivity index is 2.80. The zero-order valence-corrected chi connectivity index (χ0v) is 10.7. The van der Waals surface area contributed by atoms with E-state index in [1.165, 1.54) is 14.2 Å². The summed E-state index contributed by atoms with van der Waals surface area (Å²) in [6, 6.07) is 0. The molecule has 0 aliphatic heterocycles. The molecule has 92 valence electrons. The molecule has 5 nitrogen and oxygen atoms in total. The summed E-state index contributed by atoms with van der Waals surface area (Å²) in [5.41, 5.74) is 1.52. The molecule has 0 saturated heterocycles. The van der Waals surface area contributed by atoms with E-state index in [0.29, 0.717) is 11.4 Å². The van der Waals surface area contributed by atoms with Crippen molar-refractivity contribution in [1.82, 2.24) is 9.78 Å². The van der Waals surface area contributed by atoms with Crippen LogP contribution in [-0.4, -0.2) is 41.5 Å². The number of aromatic nitrogens is 2. The van der Waals surface area contributed by atoms with Crippen molar-refractivity contribution in [3.63, 3.8) is 0 Å². The zero-order chi connectivity index (χ0) is 12.3. The lowest BCUT2D eigenvalue weighted by molar-refractivity contribution is -0.163. The molecule has 0 radical (unpaired) electrons. The molecule has 0 spiro atoms. The monoisotopic (exact) mass is 248 g/mol. The van der Waals surface area contributed by atoms with Crippen molar-refractivity contribution in [3.05, 3.63) is 16.4 Å². The molecule has 1 heterocycles. The van der Waals surface area contributed by atoms with Gasteiger partial charge < -0.3 is 14.6 Å². The van der Waals surface area contributed by atoms with Gasteiger partial charge in [-0.3, -0.25) is 4.68 Å². The van der Waals surface area contributed by atoms with E-state index in [0.717, 1.165) is 11.4 Å². The lowest BCUT2D eigenvalue weighted by Gasteiger charge is -2.19. The SMILES string of the molecule is COC(OC)C(O)Cc1c(Cl)c(C)nn1C. The molecule has 0 amide bonds. The van der Waals surface area contributed by atoms with E-state index in [4.69, 9.17) is 21.1 Å². The minimum Gasteiger partial charge on any atom is -0.387 e. The Labute approximate surface area is 99.9 Å². The number of aliphatic hydroxyl groups excluding tert-OH is 1. The van der Waals surface area contributed by atoms with Crippen LogP contribution >= 0.6 is 11.6 Å². The third kappa shape index (κ3) is 2.74. The molecular formula is C10H17ClN2O3. The third-order valence-electron chi connectivity index (χ3n) is 2.44. The van der Waals surface area contributed by atoms with Crippen molar-refractivity contribution in [2.75, 3.05) is 14.2 Å². The summed E-state index contributed by atoms with van der Waals surface area (Å²) in [5, 5.41) is 14.6. The van der Waals surface area contributed by atoms with Crippen molar-refractivity contribution >= 4 is 11.6 Å². The normalized spacial score (nSPS) is 13.4. The number of rotatable bonds is 5. The topological polar surface area (TPSA) is 56.5 Å². The van der Waals surface area contributed by atoms with E-state index in [2.05, 4.69) is 5.10 Å². The van der Waals surface area contributed by atoms with Crippen LogP contribution in [0.2, 0.25) is 5.02 Å². The summed E-state index contributed by atoms with van der Waals surface area (Å²) in [6.45, 7) is 1.82. The standard InChI is InChI=1S/C10H17ClN2O3/c1-6-9(11)7(13(2)12-6)5-8(14)10(15-3)16-4/h8,10,14H,5H2,1-4H3. The molecular weight excluding hydrogens is 232 g/mol. The Morgan fingerprint density at radius 1 is 1.44 bits per heavy atom. The minimum atomic E-state index is -0.776. The Hall–Kier alpha value is -0.620. The first-order chi connectivity index (χ1) is 7.51. The van der Waals surface area contributed by atoms with Crippen LogP contribution in [0.3, 0.4) is 0 Å². The highest BCUT2D eigenvalue weighted by Gasteiger charge is 2.22. The Kier molecular flexibility index (Phi) is 4.73. The largest absolute Gasteiger partial charge is 0.387 e. The number of hydrogen-bond acceptors (Lipinski definition) is 4. The fraction of sp³-hybridized carbons (Fsp3) is 0.700. The highest BCUT2D eigenvalue weighted by atomic mass is 35.5. The maximum Gasteiger partial charge on any atom is 0.183 e. The quantitative estimate of drug-likeness (QED) is 0.787. The first-order valence-electron chi connectivity index (χ1n) is 4.92. The summed E-state index contributed by atoms with van der Waals surface area (Å²) in [7, 11) is 4.75. The molecule has 0 aliphatic carbocycles. The van der Waals surface area contributed by atoms with Crippen LogP contribution in [0.1, 0.15) is 11.4 Å². The van der Waals surface area contributed by atoms with Crippen LogP contribution in [-0.2, 0) is 22.9 Å². The second kappa shape index (κ2) is 5.63. The third-order valence-corrected chi connectivity index (χ3v) is 2.93. The van der Waals surface area contributed by atoms with E-state index >= 15 is 0 Å². The number of aryl methyl sites for hydroxylation is 2. The average Bonchev–Trinajstić information content (AvgIpc) is 2.47. The molecule has 1 rings (SSSR count). The van der Waals surface area contributed by atoms with Crippen LogP contribution < -0.4 is 0 Å². The van der Waals surface area contributed by atoms with Crippen molar-refractivity contribution in [2.45, 2.75) is 25.7 Å². The van der Waals surface area contributed by atoms with Crippen molar-refractivity contribution in [1.29, 1.82) is 0 Å². The van der Waals surface area contributed by atoms with E-state index < -0.39 is 12.4 Å². The summed E-state index contributed by atoms with van der Waals surface area (Å²) in [5.74, 6) is 0. The van der Waals surface area contributed by atoms with Gasteiger partial charge in [0.05, 0.1) is 16.4 Å². The molecule has 0 aromatic carbocycles. The number of halogens is 1. The Bertz CT molecular complexity index is 350. The van der Waals surface area contributed by atoms with Crippen molar-refractivity contribution in [2.24, 2.45) is 7.05 Å². The van der Waals surface area contributed by atoms with Gasteiger partial charge in [0.1, 0.15) is 6.10 Å². The molecule has 0 aliphatic rings. The van der Waals surface area contributed by atoms with Crippen LogP contribution in [0.4, 0.5) is 0 Å². The molecule has 1 atom stereocenters. The first kappa shape index (κ1) is 13.4. The van der Waals surface area contributed by atoms with Crippen LogP contribution in [0, 0.1) is 6.92 Å². The highest BCUT2D eigenvalue weighted by molar-refractivity contribution is 6.31. The van der Waals surface area contributed by atoms with Gasteiger partial charge in [0.2, 0.25) is 0 Å². The van der Waals surface area contributed by atoms with Gasteiger partial charge in [-0.1, -0.05) is 11.6 Å². The lowest BCUT2D eigenvalue weighted by Crippen LogP contribution is -2.32. The summed E-state index contributed by atoms with van der Waals surface area (Å²) in [4.78, 5) is 0. The number of nitrogens with zero attached hydrogens (tertiary/aromatic N) is 2. The molecule has 0 bridgehead atoms.